The molecule has 0 radical (unpaired) electrons. The van der Waals surface area contributed by atoms with Gasteiger partial charge < -0.3 is 29.5 Å². The molecule has 192 valence electrons. The summed E-state index contributed by atoms with van der Waals surface area (Å²) in [5, 5.41) is 27.4. The van der Waals surface area contributed by atoms with Crippen molar-refractivity contribution in [1.82, 2.24) is 5.16 Å². The number of carboxylic acid groups (broad SMARTS) is 1. The first-order valence-corrected chi connectivity index (χ1v) is 11.9. The molecule has 1 heterocycles. The molecule has 0 aliphatic carbocycles. The molecule has 9 heteroatoms. The first-order valence-electron chi connectivity index (χ1n) is 11.6. The maximum absolute atomic E-state index is 11.2. The zero-order valence-electron chi connectivity index (χ0n) is 20.6. The van der Waals surface area contributed by atoms with E-state index in [1.807, 2.05) is 42.5 Å². The molecule has 0 aliphatic heterocycles. The van der Waals surface area contributed by atoms with Crippen LogP contribution in [0.2, 0.25) is 5.02 Å². The monoisotopic (exact) mass is 522 g/mol. The minimum atomic E-state index is -1.36. The fourth-order valence-electron chi connectivity index (χ4n) is 4.06. The second-order valence-corrected chi connectivity index (χ2v) is 8.86. The number of anilines is 1. The molecule has 2 unspecified atom stereocenters. The van der Waals surface area contributed by atoms with Crippen LogP contribution in [0.1, 0.15) is 29.8 Å². The molecule has 3 N–H and O–H groups in total. The number of hydrogen-bond donors (Lipinski definition) is 3. The number of ether oxygens (including phenoxy) is 2. The van der Waals surface area contributed by atoms with E-state index in [4.69, 9.17) is 25.6 Å². The largest absolute Gasteiger partial charge is 0.496 e. The maximum Gasteiger partial charge on any atom is 0.307 e. The van der Waals surface area contributed by atoms with Gasteiger partial charge in [-0.1, -0.05) is 59.2 Å². The van der Waals surface area contributed by atoms with Crippen molar-refractivity contribution in [3.63, 3.8) is 0 Å². The number of aromatic nitrogens is 1. The Kier molecular flexibility index (Phi) is 8.13. The Morgan fingerprint density at radius 1 is 1.11 bits per heavy atom. The zero-order valence-corrected chi connectivity index (χ0v) is 21.3. The average molecular weight is 523 g/mol. The Labute approximate surface area is 219 Å². The molecule has 37 heavy (non-hydrogen) atoms. The van der Waals surface area contributed by atoms with Gasteiger partial charge in [0.15, 0.2) is 5.76 Å². The second kappa shape index (κ2) is 11.5. The van der Waals surface area contributed by atoms with Crippen molar-refractivity contribution in [3.8, 4) is 28.2 Å². The number of carboxylic acids is 1. The molecule has 0 aliphatic rings. The number of nitrogens with one attached hydrogen (secondary N) is 1. The van der Waals surface area contributed by atoms with Gasteiger partial charge in [-0.15, -0.1) is 0 Å². The lowest BCUT2D eigenvalue weighted by Crippen LogP contribution is -2.24. The Balaban J connectivity index is 1.61. The molecular formula is C28H27ClN2O6. The number of halogens is 1. The molecule has 8 nitrogen and oxygen atoms in total. The third-order valence-corrected chi connectivity index (χ3v) is 6.21. The number of aliphatic hydroxyl groups excluding tert-OH is 1. The molecule has 0 spiro atoms. The van der Waals surface area contributed by atoms with E-state index in [2.05, 4.69) is 10.5 Å². The molecule has 0 fully saturated rings. The molecule has 4 aromatic rings. The number of rotatable bonds is 10. The number of carbonyl (C=O) groups is 1. The minimum absolute atomic E-state index is 0.101. The quantitative estimate of drug-likeness (QED) is 0.215. The second-order valence-electron chi connectivity index (χ2n) is 8.45. The van der Waals surface area contributed by atoms with Crippen LogP contribution in [-0.2, 0) is 16.0 Å². The normalized spacial score (nSPS) is 12.7. The lowest BCUT2D eigenvalue weighted by Gasteiger charge is -2.21. The van der Waals surface area contributed by atoms with E-state index in [9.17, 15) is 15.0 Å². The van der Waals surface area contributed by atoms with Gasteiger partial charge >= 0.3 is 5.97 Å². The van der Waals surface area contributed by atoms with Gasteiger partial charge in [0.2, 0.25) is 6.41 Å². The third kappa shape index (κ3) is 6.11. The molecule has 3 aromatic carbocycles. The summed E-state index contributed by atoms with van der Waals surface area (Å²) in [6.07, 6.45) is -1.94. The molecule has 0 saturated heterocycles. The summed E-state index contributed by atoms with van der Waals surface area (Å²) in [7, 11) is 1.56. The van der Waals surface area contributed by atoms with Crippen molar-refractivity contribution in [1.29, 1.82) is 0 Å². The first-order chi connectivity index (χ1) is 17.8. The summed E-state index contributed by atoms with van der Waals surface area (Å²) in [5.41, 5.74) is 4.64. The van der Waals surface area contributed by atoms with Crippen LogP contribution in [-0.4, -0.2) is 34.9 Å². The highest BCUT2D eigenvalue weighted by molar-refractivity contribution is 6.31. The molecule has 0 amide bonds. The third-order valence-electron chi connectivity index (χ3n) is 5.86. The maximum atomic E-state index is 11.2. The SMILES string of the molecule is COc1ccc(CC(=O)O)cc1-c1cccc(-c2onc(C)c2NC(O)OC(C)c2ccccc2Cl)c1. The number of methoxy groups -OCH3 is 1. The summed E-state index contributed by atoms with van der Waals surface area (Å²) >= 11 is 6.25. The van der Waals surface area contributed by atoms with Crippen LogP contribution in [0.25, 0.3) is 22.5 Å². The lowest BCUT2D eigenvalue weighted by atomic mass is 9.98. The van der Waals surface area contributed by atoms with E-state index >= 15 is 0 Å². The van der Waals surface area contributed by atoms with Crippen molar-refractivity contribution >= 4 is 23.3 Å². The summed E-state index contributed by atoms with van der Waals surface area (Å²) in [4.78, 5) is 11.2. The van der Waals surface area contributed by atoms with Crippen LogP contribution in [0.15, 0.2) is 71.3 Å². The van der Waals surface area contributed by atoms with Crippen LogP contribution in [0.4, 0.5) is 5.69 Å². The molecular weight excluding hydrogens is 496 g/mol. The standard InChI is InChI=1S/C28H27ClN2O6/c1-16-26(30-28(34)36-17(2)21-9-4-5-10-23(21)29)27(37-31-16)20-8-6-7-19(15-20)22-13-18(14-25(32)33)11-12-24(22)35-3/h4-13,15,17,28,30,34H,14H2,1-3H3,(H,32,33). The minimum Gasteiger partial charge on any atom is -0.496 e. The first kappa shape index (κ1) is 26.2. The van der Waals surface area contributed by atoms with Gasteiger partial charge in [-0.25, -0.2) is 0 Å². The predicted molar refractivity (Wildman–Crippen MR) is 141 cm³/mol. The number of aliphatic hydroxyl groups is 1. The van der Waals surface area contributed by atoms with Crippen molar-refractivity contribution < 1.29 is 29.0 Å². The van der Waals surface area contributed by atoms with Crippen molar-refractivity contribution in [2.24, 2.45) is 0 Å². The molecule has 4 rings (SSSR count). The van der Waals surface area contributed by atoms with Gasteiger partial charge in [0.1, 0.15) is 17.1 Å². The van der Waals surface area contributed by atoms with Crippen molar-refractivity contribution in [2.75, 3.05) is 12.4 Å². The van der Waals surface area contributed by atoms with E-state index in [0.717, 1.165) is 16.7 Å². The Morgan fingerprint density at radius 2 is 1.86 bits per heavy atom. The van der Waals surface area contributed by atoms with Crippen molar-refractivity contribution in [2.45, 2.75) is 32.8 Å². The highest BCUT2D eigenvalue weighted by atomic mass is 35.5. The van der Waals surface area contributed by atoms with Crippen molar-refractivity contribution in [3.05, 3.63) is 88.6 Å². The van der Waals surface area contributed by atoms with Gasteiger partial charge in [0.25, 0.3) is 0 Å². The summed E-state index contributed by atoms with van der Waals surface area (Å²) in [6.45, 7) is 3.55. The Morgan fingerprint density at radius 3 is 2.59 bits per heavy atom. The Hall–Kier alpha value is -3.85. The molecule has 1 aromatic heterocycles. The van der Waals surface area contributed by atoms with Gasteiger partial charge in [-0.05, 0) is 54.8 Å². The smallest absolute Gasteiger partial charge is 0.307 e. The fourth-order valence-corrected chi connectivity index (χ4v) is 4.35. The number of hydrogen-bond acceptors (Lipinski definition) is 7. The van der Waals surface area contributed by atoms with Gasteiger partial charge in [-0.3, -0.25) is 4.79 Å². The molecule has 0 bridgehead atoms. The zero-order chi connectivity index (χ0) is 26.5. The van der Waals surface area contributed by atoms with Gasteiger partial charge in [-0.2, -0.15) is 0 Å². The molecule has 0 saturated carbocycles. The lowest BCUT2D eigenvalue weighted by molar-refractivity contribution is -0.136. The summed E-state index contributed by atoms with van der Waals surface area (Å²) in [5.74, 6) is 0.103. The van der Waals surface area contributed by atoms with Gasteiger partial charge in [0, 0.05) is 16.1 Å². The van der Waals surface area contributed by atoms with Crippen LogP contribution < -0.4 is 10.1 Å². The highest BCUT2D eigenvalue weighted by Gasteiger charge is 2.21. The fraction of sp³-hybridized carbons (Fsp3) is 0.214. The summed E-state index contributed by atoms with van der Waals surface area (Å²) in [6, 6.07) is 20.0. The van der Waals surface area contributed by atoms with Crippen LogP contribution in [0.5, 0.6) is 5.75 Å². The number of aliphatic carboxylic acids is 1. The number of aryl methyl sites for hydroxylation is 1. The predicted octanol–water partition coefficient (Wildman–Crippen LogP) is 6.07. The van der Waals surface area contributed by atoms with E-state index < -0.39 is 18.5 Å². The van der Waals surface area contributed by atoms with Gasteiger partial charge in [0.05, 0.1) is 19.6 Å². The summed E-state index contributed by atoms with van der Waals surface area (Å²) < 4.78 is 16.8. The van der Waals surface area contributed by atoms with E-state index in [1.165, 1.54) is 0 Å². The van der Waals surface area contributed by atoms with Crippen LogP contribution in [0, 0.1) is 6.92 Å². The van der Waals surface area contributed by atoms with Crippen LogP contribution >= 0.6 is 11.6 Å². The number of benzene rings is 3. The van der Waals surface area contributed by atoms with E-state index in [-0.39, 0.29) is 6.42 Å². The number of nitrogens with zero attached hydrogens (tertiary/aromatic N) is 1. The average Bonchev–Trinajstić information content (AvgIpc) is 3.23. The molecule has 2 atom stereocenters. The Bertz CT molecular complexity index is 1400. The van der Waals surface area contributed by atoms with Crippen LogP contribution in [0.3, 0.4) is 0 Å². The van der Waals surface area contributed by atoms with E-state index in [1.54, 1.807) is 45.2 Å². The van der Waals surface area contributed by atoms with E-state index in [0.29, 0.717) is 39.0 Å². The topological polar surface area (TPSA) is 114 Å². The highest BCUT2D eigenvalue weighted by Crippen LogP contribution is 2.37.